The molecule has 214 valence electrons. The lowest BCUT2D eigenvalue weighted by Gasteiger charge is -2.38. The van der Waals surface area contributed by atoms with Crippen molar-refractivity contribution in [2.75, 3.05) is 26.7 Å². The molecular weight excluding hydrogens is 508 g/mol. The van der Waals surface area contributed by atoms with Gasteiger partial charge in [0.15, 0.2) is 0 Å². The van der Waals surface area contributed by atoms with Crippen LogP contribution in [0.3, 0.4) is 0 Å². The highest BCUT2D eigenvalue weighted by atomic mass is 16.5. The van der Waals surface area contributed by atoms with Gasteiger partial charge in [-0.25, -0.2) is 0 Å². The van der Waals surface area contributed by atoms with Crippen molar-refractivity contribution in [1.29, 1.82) is 0 Å². The standard InChI is InChI=1S/C31H40N4O5/c1-31(2,39)27-29(37)34-24(20-21-10-5-4-6-11-21)28(36)33-17-9-13-22-12-7-8-14-25(22)40-19-18-32-26(23-15-16-23)30(38)35(27)3/h4-14,23-24,26-27,32,39H,15-20H2,1-3H3,(H,33,36)(H,34,37)/b13-9+/t24-,26+,27-/m1/s1. The van der Waals surface area contributed by atoms with E-state index >= 15 is 0 Å². The van der Waals surface area contributed by atoms with E-state index < -0.39 is 29.6 Å². The molecule has 0 bridgehead atoms. The van der Waals surface area contributed by atoms with Crippen molar-refractivity contribution >= 4 is 23.8 Å². The highest BCUT2D eigenvalue weighted by molar-refractivity contribution is 5.94. The maximum atomic E-state index is 13.7. The molecule has 4 N–H and O–H groups in total. The van der Waals surface area contributed by atoms with Gasteiger partial charge in [-0.2, -0.15) is 0 Å². The van der Waals surface area contributed by atoms with Gasteiger partial charge >= 0.3 is 0 Å². The fraction of sp³-hybridized carbons (Fsp3) is 0.452. The molecule has 40 heavy (non-hydrogen) atoms. The van der Waals surface area contributed by atoms with Crippen LogP contribution in [0.2, 0.25) is 0 Å². The number of amides is 3. The molecule has 0 unspecified atom stereocenters. The van der Waals surface area contributed by atoms with Gasteiger partial charge in [-0.3, -0.25) is 14.4 Å². The molecule has 2 aromatic rings. The number of nitrogens with zero attached hydrogens (tertiary/aromatic N) is 1. The third kappa shape index (κ3) is 7.70. The average molecular weight is 549 g/mol. The molecule has 1 aliphatic carbocycles. The van der Waals surface area contributed by atoms with E-state index in [9.17, 15) is 19.5 Å². The normalized spacial score (nSPS) is 24.6. The number of aliphatic hydroxyl groups is 1. The molecule has 0 saturated heterocycles. The number of ether oxygens (including phenoxy) is 1. The maximum Gasteiger partial charge on any atom is 0.246 e. The van der Waals surface area contributed by atoms with Crippen molar-refractivity contribution < 1.29 is 24.2 Å². The monoisotopic (exact) mass is 548 g/mol. The summed E-state index contributed by atoms with van der Waals surface area (Å²) in [6.07, 6.45) is 5.78. The highest BCUT2D eigenvalue weighted by Gasteiger charge is 2.44. The third-order valence-corrected chi connectivity index (χ3v) is 7.26. The van der Waals surface area contributed by atoms with Crippen LogP contribution in [-0.2, 0) is 20.8 Å². The number of para-hydroxylation sites is 1. The highest BCUT2D eigenvalue weighted by Crippen LogP contribution is 2.34. The van der Waals surface area contributed by atoms with E-state index in [-0.39, 0.29) is 30.7 Å². The van der Waals surface area contributed by atoms with Gasteiger partial charge in [0.2, 0.25) is 17.7 Å². The summed E-state index contributed by atoms with van der Waals surface area (Å²) >= 11 is 0. The van der Waals surface area contributed by atoms with E-state index in [1.807, 2.05) is 66.7 Å². The second-order valence-corrected chi connectivity index (χ2v) is 11.1. The summed E-state index contributed by atoms with van der Waals surface area (Å²) in [6, 6.07) is 14.4. The first-order chi connectivity index (χ1) is 19.1. The lowest BCUT2D eigenvalue weighted by atomic mass is 9.94. The van der Waals surface area contributed by atoms with Crippen molar-refractivity contribution in [2.24, 2.45) is 5.92 Å². The molecule has 9 nitrogen and oxygen atoms in total. The minimum absolute atomic E-state index is 0.151. The van der Waals surface area contributed by atoms with Crippen LogP contribution < -0.4 is 20.7 Å². The predicted octanol–water partition coefficient (Wildman–Crippen LogP) is 1.90. The Morgan fingerprint density at radius 1 is 1.00 bits per heavy atom. The summed E-state index contributed by atoms with van der Waals surface area (Å²) in [5.41, 5.74) is 0.177. The largest absolute Gasteiger partial charge is 0.492 e. The molecule has 1 aliphatic heterocycles. The molecule has 0 aromatic heterocycles. The molecular formula is C31H40N4O5. The lowest BCUT2D eigenvalue weighted by molar-refractivity contribution is -0.150. The topological polar surface area (TPSA) is 120 Å². The molecule has 3 atom stereocenters. The molecule has 2 aromatic carbocycles. The van der Waals surface area contributed by atoms with E-state index in [2.05, 4.69) is 16.0 Å². The summed E-state index contributed by atoms with van der Waals surface area (Å²) in [5, 5.41) is 20.1. The molecule has 1 fully saturated rings. The van der Waals surface area contributed by atoms with Crippen LogP contribution in [0.5, 0.6) is 5.75 Å². The summed E-state index contributed by atoms with van der Waals surface area (Å²) in [5.74, 6) is -0.386. The van der Waals surface area contributed by atoms with Crippen LogP contribution in [0.15, 0.2) is 60.7 Å². The number of carbonyl (C=O) groups is 3. The van der Waals surface area contributed by atoms with E-state index in [4.69, 9.17) is 4.74 Å². The van der Waals surface area contributed by atoms with Crippen molar-refractivity contribution in [2.45, 2.75) is 56.8 Å². The first kappa shape index (κ1) is 29.3. The zero-order valence-corrected chi connectivity index (χ0v) is 23.4. The second kappa shape index (κ2) is 13.1. The van der Waals surface area contributed by atoms with E-state index in [0.717, 1.165) is 24.0 Å². The minimum Gasteiger partial charge on any atom is -0.492 e. The Hall–Kier alpha value is -3.69. The Kier molecular flexibility index (Phi) is 9.60. The quantitative estimate of drug-likeness (QED) is 0.464. The number of hydrogen-bond donors (Lipinski definition) is 4. The number of benzene rings is 2. The zero-order chi connectivity index (χ0) is 28.7. The number of fused-ring (bicyclic) bond motifs is 1. The number of rotatable bonds is 4. The van der Waals surface area contributed by atoms with Gasteiger partial charge in [0.25, 0.3) is 0 Å². The molecule has 3 amide bonds. The van der Waals surface area contributed by atoms with E-state index in [0.29, 0.717) is 18.9 Å². The van der Waals surface area contributed by atoms with Crippen molar-refractivity contribution in [3.05, 3.63) is 71.8 Å². The van der Waals surface area contributed by atoms with Crippen molar-refractivity contribution in [3.63, 3.8) is 0 Å². The fourth-order valence-electron chi connectivity index (χ4n) is 5.11. The van der Waals surface area contributed by atoms with E-state index in [1.165, 1.54) is 25.8 Å². The van der Waals surface area contributed by atoms with E-state index in [1.54, 1.807) is 0 Å². The first-order valence-corrected chi connectivity index (χ1v) is 13.9. The minimum atomic E-state index is -1.56. The third-order valence-electron chi connectivity index (χ3n) is 7.26. The van der Waals surface area contributed by atoms with Gasteiger partial charge in [-0.1, -0.05) is 60.7 Å². The van der Waals surface area contributed by atoms with Crippen LogP contribution in [0, 0.1) is 5.92 Å². The summed E-state index contributed by atoms with van der Waals surface area (Å²) in [4.78, 5) is 42.0. The zero-order valence-electron chi connectivity index (χ0n) is 23.4. The Morgan fingerprint density at radius 3 is 2.40 bits per heavy atom. The van der Waals surface area contributed by atoms with Crippen LogP contribution in [0.1, 0.15) is 37.8 Å². The molecule has 4 rings (SSSR count). The number of likely N-dealkylation sites (N-methyl/N-ethyl adjacent to an activating group) is 1. The van der Waals surface area contributed by atoms with Gasteiger partial charge in [0, 0.05) is 32.1 Å². The van der Waals surface area contributed by atoms with Crippen molar-refractivity contribution in [1.82, 2.24) is 20.9 Å². The Balaban J connectivity index is 1.65. The molecule has 0 radical (unpaired) electrons. The van der Waals surface area contributed by atoms with Crippen LogP contribution >= 0.6 is 0 Å². The smallest absolute Gasteiger partial charge is 0.246 e. The average Bonchev–Trinajstić information content (AvgIpc) is 3.75. The van der Waals surface area contributed by atoms with Gasteiger partial charge in [0.05, 0.1) is 11.6 Å². The fourth-order valence-corrected chi connectivity index (χ4v) is 5.11. The number of carbonyl (C=O) groups excluding carboxylic acids is 3. The van der Waals surface area contributed by atoms with Gasteiger partial charge < -0.3 is 30.7 Å². The first-order valence-electron chi connectivity index (χ1n) is 13.9. The van der Waals surface area contributed by atoms with Gasteiger partial charge in [-0.15, -0.1) is 0 Å². The summed E-state index contributed by atoms with van der Waals surface area (Å²) < 4.78 is 6.01. The predicted molar refractivity (Wildman–Crippen MR) is 153 cm³/mol. The molecule has 1 heterocycles. The van der Waals surface area contributed by atoms with Crippen molar-refractivity contribution in [3.8, 4) is 5.75 Å². The lowest BCUT2D eigenvalue weighted by Crippen LogP contribution is -2.63. The molecule has 1 saturated carbocycles. The van der Waals surface area contributed by atoms with Crippen LogP contribution in [0.4, 0.5) is 0 Å². The molecule has 9 heteroatoms. The van der Waals surface area contributed by atoms with Gasteiger partial charge in [0.1, 0.15) is 24.4 Å². The molecule has 2 aliphatic rings. The Bertz CT molecular complexity index is 1210. The second-order valence-electron chi connectivity index (χ2n) is 11.1. The van der Waals surface area contributed by atoms with Crippen LogP contribution in [0.25, 0.3) is 6.08 Å². The summed E-state index contributed by atoms with van der Waals surface area (Å²) in [7, 11) is 1.53. The van der Waals surface area contributed by atoms with Gasteiger partial charge in [-0.05, 0) is 44.2 Å². The number of hydrogen-bond acceptors (Lipinski definition) is 6. The summed E-state index contributed by atoms with van der Waals surface area (Å²) in [6.45, 7) is 4.02. The van der Waals surface area contributed by atoms with Crippen LogP contribution in [-0.4, -0.2) is 78.2 Å². The maximum absolute atomic E-state index is 13.7. The Labute approximate surface area is 236 Å². The Morgan fingerprint density at radius 2 is 1.70 bits per heavy atom. The number of nitrogens with one attached hydrogen (secondary N) is 3. The SMILES string of the molecule is CN1C(=O)[C@H](C2CC2)NCCOc2ccccc2/C=C/CNC(=O)[C@@H](Cc2ccccc2)NC(=O)[C@@H]1C(C)(C)O. The molecule has 0 spiro atoms.